The molecule has 2 rings (SSSR count). The Labute approximate surface area is 129 Å². The van der Waals surface area contributed by atoms with Gasteiger partial charge < -0.3 is 0 Å². The first-order valence-electron chi connectivity index (χ1n) is 7.00. The predicted molar refractivity (Wildman–Crippen MR) is 87.2 cm³/mol. The zero-order chi connectivity index (χ0) is 14.5. The van der Waals surface area contributed by atoms with Gasteiger partial charge in [-0.15, -0.1) is 0 Å². The molecule has 0 amide bonds. The maximum Gasteiger partial charge on any atom is 0.123 e. The first kappa shape index (κ1) is 15.2. The van der Waals surface area contributed by atoms with Crippen LogP contribution in [0.3, 0.4) is 0 Å². The van der Waals surface area contributed by atoms with E-state index in [9.17, 15) is 4.39 Å². The van der Waals surface area contributed by atoms with Crippen LogP contribution in [0.1, 0.15) is 41.0 Å². The number of alkyl halides is 1. The van der Waals surface area contributed by atoms with E-state index < -0.39 is 0 Å². The second-order valence-corrected chi connectivity index (χ2v) is 6.08. The minimum absolute atomic E-state index is 0.157. The van der Waals surface area contributed by atoms with E-state index in [1.807, 2.05) is 6.07 Å². The summed E-state index contributed by atoms with van der Waals surface area (Å²) < 4.78 is 13.5. The molecule has 2 aromatic rings. The van der Waals surface area contributed by atoms with E-state index in [1.54, 1.807) is 12.1 Å². The number of hydrogen-bond acceptors (Lipinski definition) is 0. The lowest BCUT2D eigenvalue weighted by molar-refractivity contribution is 0.619. The topological polar surface area (TPSA) is 0 Å². The van der Waals surface area contributed by atoms with Crippen molar-refractivity contribution in [2.24, 2.45) is 0 Å². The third kappa shape index (κ3) is 3.69. The van der Waals surface area contributed by atoms with Crippen molar-refractivity contribution in [1.29, 1.82) is 0 Å². The van der Waals surface area contributed by atoms with Crippen LogP contribution in [0.4, 0.5) is 4.39 Å². The van der Waals surface area contributed by atoms with Crippen molar-refractivity contribution in [2.45, 2.75) is 32.6 Å². The normalized spacial score (nSPS) is 12.4. The summed E-state index contributed by atoms with van der Waals surface area (Å²) in [4.78, 5) is 0. The van der Waals surface area contributed by atoms with Gasteiger partial charge in [-0.05, 0) is 61.1 Å². The van der Waals surface area contributed by atoms with E-state index in [1.165, 1.54) is 22.8 Å². The molecular weight excluding hydrogens is 315 g/mol. The largest absolute Gasteiger partial charge is 0.207 e. The summed E-state index contributed by atoms with van der Waals surface area (Å²) in [5, 5.41) is 0.976. The minimum atomic E-state index is -0.157. The molecule has 0 radical (unpaired) electrons. The van der Waals surface area contributed by atoms with E-state index in [0.717, 1.165) is 23.7 Å². The maximum absolute atomic E-state index is 13.5. The molecule has 0 aliphatic rings. The fourth-order valence-electron chi connectivity index (χ4n) is 2.51. The summed E-state index contributed by atoms with van der Waals surface area (Å²) in [7, 11) is 0. The van der Waals surface area contributed by atoms with Crippen LogP contribution in [0, 0.1) is 19.7 Å². The lowest BCUT2D eigenvalue weighted by Gasteiger charge is -2.19. The molecule has 0 heterocycles. The van der Waals surface area contributed by atoms with Crippen LogP contribution in [-0.2, 0) is 0 Å². The summed E-state index contributed by atoms with van der Waals surface area (Å²) >= 11 is 3.49. The molecule has 106 valence electrons. The third-order valence-electron chi connectivity index (χ3n) is 3.81. The lowest BCUT2D eigenvalue weighted by atomic mass is 9.86. The van der Waals surface area contributed by atoms with Gasteiger partial charge in [-0.1, -0.05) is 46.3 Å². The molecule has 0 nitrogen and oxygen atoms in total. The van der Waals surface area contributed by atoms with Crippen LogP contribution < -0.4 is 0 Å². The quantitative estimate of drug-likeness (QED) is 0.610. The Morgan fingerprint density at radius 2 is 1.75 bits per heavy atom. The monoisotopic (exact) mass is 334 g/mol. The van der Waals surface area contributed by atoms with Gasteiger partial charge in [0.2, 0.25) is 0 Å². The van der Waals surface area contributed by atoms with Gasteiger partial charge in [0, 0.05) is 11.2 Å². The molecule has 0 unspecified atom stereocenters. The van der Waals surface area contributed by atoms with E-state index in [-0.39, 0.29) is 11.7 Å². The molecule has 2 heteroatoms. The molecule has 2 aromatic carbocycles. The summed E-state index contributed by atoms with van der Waals surface area (Å²) in [5.41, 5.74) is 4.93. The van der Waals surface area contributed by atoms with Crippen LogP contribution in [0.25, 0.3) is 0 Å². The molecule has 0 aliphatic heterocycles. The van der Waals surface area contributed by atoms with Crippen molar-refractivity contribution < 1.29 is 4.39 Å². The molecule has 0 N–H and O–H groups in total. The summed E-state index contributed by atoms with van der Waals surface area (Å²) in [6, 6.07) is 13.6. The van der Waals surface area contributed by atoms with Gasteiger partial charge >= 0.3 is 0 Å². The van der Waals surface area contributed by atoms with Gasteiger partial charge in [0.15, 0.2) is 0 Å². The first-order chi connectivity index (χ1) is 9.61. The minimum Gasteiger partial charge on any atom is -0.207 e. The number of aryl methyl sites for hydroxylation is 2. The van der Waals surface area contributed by atoms with Crippen molar-refractivity contribution in [3.8, 4) is 0 Å². The molecule has 0 saturated heterocycles. The van der Waals surface area contributed by atoms with Gasteiger partial charge in [0.05, 0.1) is 0 Å². The van der Waals surface area contributed by atoms with Crippen LogP contribution in [0.15, 0.2) is 42.5 Å². The van der Waals surface area contributed by atoms with Gasteiger partial charge in [-0.2, -0.15) is 0 Å². The van der Waals surface area contributed by atoms with Gasteiger partial charge in [0.25, 0.3) is 0 Å². The number of rotatable bonds is 5. The highest BCUT2D eigenvalue weighted by Crippen LogP contribution is 2.31. The molecule has 0 saturated carbocycles. The predicted octanol–water partition coefficient (Wildman–Crippen LogP) is 5.75. The summed E-state index contributed by atoms with van der Waals surface area (Å²) in [5.74, 6) is 0.109. The smallest absolute Gasteiger partial charge is 0.123 e. The molecular formula is C18H20BrF. The number of benzene rings is 2. The molecule has 20 heavy (non-hydrogen) atoms. The van der Waals surface area contributed by atoms with Crippen molar-refractivity contribution in [3.05, 3.63) is 70.5 Å². The van der Waals surface area contributed by atoms with Gasteiger partial charge in [-0.25, -0.2) is 4.39 Å². The van der Waals surface area contributed by atoms with Crippen molar-refractivity contribution in [3.63, 3.8) is 0 Å². The zero-order valence-electron chi connectivity index (χ0n) is 12.0. The molecule has 0 aromatic heterocycles. The second kappa shape index (κ2) is 7.03. The highest BCUT2D eigenvalue weighted by molar-refractivity contribution is 9.09. The van der Waals surface area contributed by atoms with E-state index >= 15 is 0 Å². The van der Waals surface area contributed by atoms with Crippen molar-refractivity contribution in [2.75, 3.05) is 5.33 Å². The Morgan fingerprint density at radius 1 is 1.00 bits per heavy atom. The highest BCUT2D eigenvalue weighted by atomic mass is 79.9. The van der Waals surface area contributed by atoms with Gasteiger partial charge in [0.1, 0.15) is 5.82 Å². The Hall–Kier alpha value is -1.15. The summed E-state index contributed by atoms with van der Waals surface area (Å²) in [6.07, 6.45) is 2.10. The Balaban J connectivity index is 2.38. The van der Waals surface area contributed by atoms with Gasteiger partial charge in [-0.3, -0.25) is 0 Å². The van der Waals surface area contributed by atoms with E-state index in [2.05, 4.69) is 48.0 Å². The fraction of sp³-hybridized carbons (Fsp3) is 0.333. The molecule has 0 aliphatic carbocycles. The SMILES string of the molecule is Cc1ccc([C@@H](CCCBr)c2cccc(F)c2)cc1C. The van der Waals surface area contributed by atoms with Crippen molar-refractivity contribution >= 4 is 15.9 Å². The average Bonchev–Trinajstić information content (AvgIpc) is 2.43. The molecule has 0 fully saturated rings. The molecule has 0 bridgehead atoms. The highest BCUT2D eigenvalue weighted by Gasteiger charge is 2.15. The standard InChI is InChI=1S/C18H20BrF/c1-13-8-9-16(11-14(13)2)18(7-4-10-19)15-5-3-6-17(20)12-15/h3,5-6,8-9,11-12,18H,4,7,10H2,1-2H3/t18-/m0/s1. The Kier molecular flexibility index (Phi) is 5.36. The second-order valence-electron chi connectivity index (χ2n) is 5.28. The fourth-order valence-corrected chi connectivity index (χ4v) is 2.84. The Bertz CT molecular complexity index is 577. The summed E-state index contributed by atoms with van der Waals surface area (Å²) in [6.45, 7) is 4.25. The van der Waals surface area contributed by atoms with Crippen LogP contribution in [-0.4, -0.2) is 5.33 Å². The van der Waals surface area contributed by atoms with Crippen LogP contribution in [0.2, 0.25) is 0 Å². The number of halogens is 2. The van der Waals surface area contributed by atoms with Crippen molar-refractivity contribution in [1.82, 2.24) is 0 Å². The third-order valence-corrected chi connectivity index (χ3v) is 4.37. The van der Waals surface area contributed by atoms with E-state index in [4.69, 9.17) is 0 Å². The number of hydrogen-bond donors (Lipinski definition) is 0. The van der Waals surface area contributed by atoms with Crippen LogP contribution >= 0.6 is 15.9 Å². The average molecular weight is 335 g/mol. The Morgan fingerprint density at radius 3 is 2.40 bits per heavy atom. The van der Waals surface area contributed by atoms with Crippen LogP contribution in [0.5, 0.6) is 0 Å². The maximum atomic E-state index is 13.5. The molecule has 1 atom stereocenters. The first-order valence-corrected chi connectivity index (χ1v) is 8.12. The van der Waals surface area contributed by atoms with E-state index in [0.29, 0.717) is 0 Å². The molecule has 0 spiro atoms. The lowest BCUT2D eigenvalue weighted by Crippen LogP contribution is -2.03. The zero-order valence-corrected chi connectivity index (χ0v) is 13.6.